The zero-order valence-electron chi connectivity index (χ0n) is 8.91. The minimum absolute atomic E-state index is 0.259. The summed E-state index contributed by atoms with van der Waals surface area (Å²) in [5.41, 5.74) is 5.77. The van der Waals surface area contributed by atoms with Gasteiger partial charge >= 0.3 is 0 Å². The molecule has 0 aromatic carbocycles. The first-order valence-corrected chi connectivity index (χ1v) is 5.84. The number of nitrogens with two attached hydrogens (primary N) is 1. The van der Waals surface area contributed by atoms with E-state index in [-0.39, 0.29) is 5.41 Å². The van der Waals surface area contributed by atoms with Crippen LogP contribution < -0.4 is 5.73 Å². The minimum Gasteiger partial charge on any atom is -0.396 e. The van der Waals surface area contributed by atoms with Gasteiger partial charge in [-0.05, 0) is 38.3 Å². The SMILES string of the molecule is NCCCN1C[C@@H]2CCC[C@]2(CO)C1. The van der Waals surface area contributed by atoms with E-state index >= 15 is 0 Å². The lowest BCUT2D eigenvalue weighted by atomic mass is 9.82. The van der Waals surface area contributed by atoms with E-state index in [2.05, 4.69) is 4.90 Å². The molecule has 2 rings (SSSR count). The molecule has 1 aliphatic carbocycles. The van der Waals surface area contributed by atoms with Crippen LogP contribution in [0.4, 0.5) is 0 Å². The average Bonchev–Trinajstić information content (AvgIpc) is 2.70. The first-order chi connectivity index (χ1) is 6.80. The molecule has 82 valence electrons. The second-order valence-electron chi connectivity index (χ2n) is 4.99. The molecule has 3 heteroatoms. The van der Waals surface area contributed by atoms with Crippen LogP contribution in [0.1, 0.15) is 25.7 Å². The molecule has 1 saturated carbocycles. The van der Waals surface area contributed by atoms with Crippen LogP contribution in [0.25, 0.3) is 0 Å². The van der Waals surface area contributed by atoms with Crippen molar-refractivity contribution in [3.63, 3.8) is 0 Å². The Balaban J connectivity index is 1.91. The van der Waals surface area contributed by atoms with Crippen molar-refractivity contribution in [2.45, 2.75) is 25.7 Å². The van der Waals surface area contributed by atoms with Crippen molar-refractivity contribution in [1.29, 1.82) is 0 Å². The van der Waals surface area contributed by atoms with Crippen LogP contribution in [0.5, 0.6) is 0 Å². The van der Waals surface area contributed by atoms with Crippen LogP contribution in [0.15, 0.2) is 0 Å². The summed E-state index contributed by atoms with van der Waals surface area (Å²) in [6, 6.07) is 0. The van der Waals surface area contributed by atoms with E-state index in [1.165, 1.54) is 25.8 Å². The Hall–Kier alpha value is -0.120. The zero-order chi connectivity index (χ0) is 10.0. The molecule has 0 spiro atoms. The van der Waals surface area contributed by atoms with Crippen molar-refractivity contribution in [2.75, 3.05) is 32.8 Å². The van der Waals surface area contributed by atoms with Gasteiger partial charge in [0.05, 0.1) is 6.61 Å². The minimum atomic E-state index is 0.259. The van der Waals surface area contributed by atoms with E-state index in [1.807, 2.05) is 0 Å². The number of hydrogen-bond acceptors (Lipinski definition) is 3. The van der Waals surface area contributed by atoms with Gasteiger partial charge in [-0.2, -0.15) is 0 Å². The Kier molecular flexibility index (Phi) is 3.10. The van der Waals surface area contributed by atoms with Gasteiger partial charge in [0.15, 0.2) is 0 Å². The molecule has 0 aromatic rings. The molecule has 2 fully saturated rings. The van der Waals surface area contributed by atoms with Crippen molar-refractivity contribution < 1.29 is 5.11 Å². The summed E-state index contributed by atoms with van der Waals surface area (Å²) in [7, 11) is 0. The number of aliphatic hydroxyl groups is 1. The maximum atomic E-state index is 9.52. The van der Waals surface area contributed by atoms with Crippen LogP contribution in [0.2, 0.25) is 0 Å². The van der Waals surface area contributed by atoms with Gasteiger partial charge in [-0.25, -0.2) is 0 Å². The molecule has 1 aliphatic heterocycles. The fourth-order valence-electron chi connectivity index (χ4n) is 3.27. The highest BCUT2D eigenvalue weighted by Gasteiger charge is 2.48. The van der Waals surface area contributed by atoms with Crippen molar-refractivity contribution in [2.24, 2.45) is 17.1 Å². The Morgan fingerprint density at radius 3 is 3.00 bits per heavy atom. The molecular weight excluding hydrogens is 176 g/mol. The van der Waals surface area contributed by atoms with Gasteiger partial charge in [0, 0.05) is 18.5 Å². The maximum absolute atomic E-state index is 9.52. The molecule has 0 unspecified atom stereocenters. The third kappa shape index (κ3) is 1.69. The number of rotatable bonds is 4. The topological polar surface area (TPSA) is 49.5 Å². The second-order valence-corrected chi connectivity index (χ2v) is 4.99. The van der Waals surface area contributed by atoms with Gasteiger partial charge in [-0.1, -0.05) is 6.42 Å². The summed E-state index contributed by atoms with van der Waals surface area (Å²) < 4.78 is 0. The molecule has 0 amide bonds. The number of nitrogens with zero attached hydrogens (tertiary/aromatic N) is 1. The molecular formula is C11H22N2O. The van der Waals surface area contributed by atoms with E-state index in [0.29, 0.717) is 6.61 Å². The van der Waals surface area contributed by atoms with E-state index in [1.54, 1.807) is 0 Å². The summed E-state index contributed by atoms with van der Waals surface area (Å²) in [5.74, 6) is 0.755. The molecule has 3 N–H and O–H groups in total. The fraction of sp³-hybridized carbons (Fsp3) is 1.00. The summed E-state index contributed by atoms with van der Waals surface area (Å²) in [4.78, 5) is 2.49. The fourth-order valence-corrected chi connectivity index (χ4v) is 3.27. The normalized spacial score (nSPS) is 37.7. The second kappa shape index (κ2) is 4.17. The molecule has 1 saturated heterocycles. The van der Waals surface area contributed by atoms with E-state index in [9.17, 15) is 5.11 Å². The summed E-state index contributed by atoms with van der Waals surface area (Å²) in [5, 5.41) is 9.52. The molecule has 2 aliphatic rings. The van der Waals surface area contributed by atoms with E-state index < -0.39 is 0 Å². The van der Waals surface area contributed by atoms with Crippen molar-refractivity contribution in [1.82, 2.24) is 4.90 Å². The largest absolute Gasteiger partial charge is 0.396 e. The predicted octanol–water partition coefficient (Wildman–Crippen LogP) is 0.430. The molecule has 0 bridgehead atoms. The van der Waals surface area contributed by atoms with Crippen molar-refractivity contribution >= 4 is 0 Å². The molecule has 0 radical (unpaired) electrons. The highest BCUT2D eigenvalue weighted by atomic mass is 16.3. The zero-order valence-corrected chi connectivity index (χ0v) is 8.91. The Bertz CT molecular complexity index is 198. The highest BCUT2D eigenvalue weighted by Crippen LogP contribution is 2.48. The first kappa shape index (κ1) is 10.4. The van der Waals surface area contributed by atoms with Crippen LogP contribution in [0.3, 0.4) is 0 Å². The maximum Gasteiger partial charge on any atom is 0.0502 e. The lowest BCUT2D eigenvalue weighted by Gasteiger charge is -2.26. The highest BCUT2D eigenvalue weighted by molar-refractivity contribution is 5.00. The van der Waals surface area contributed by atoms with Gasteiger partial charge in [-0.3, -0.25) is 0 Å². The molecule has 3 nitrogen and oxygen atoms in total. The Labute approximate surface area is 86.3 Å². The summed E-state index contributed by atoms with van der Waals surface area (Å²) in [6.07, 6.45) is 4.96. The number of likely N-dealkylation sites (tertiary alicyclic amines) is 1. The summed E-state index contributed by atoms with van der Waals surface area (Å²) in [6.45, 7) is 4.59. The Morgan fingerprint density at radius 2 is 2.36 bits per heavy atom. The summed E-state index contributed by atoms with van der Waals surface area (Å²) >= 11 is 0. The number of fused-ring (bicyclic) bond motifs is 1. The third-order valence-corrected chi connectivity index (χ3v) is 4.10. The smallest absolute Gasteiger partial charge is 0.0502 e. The van der Waals surface area contributed by atoms with Gasteiger partial charge in [-0.15, -0.1) is 0 Å². The molecule has 0 aromatic heterocycles. The monoisotopic (exact) mass is 198 g/mol. The van der Waals surface area contributed by atoms with Gasteiger partial charge in [0.2, 0.25) is 0 Å². The standard InChI is InChI=1S/C11H22N2O/c12-5-2-6-13-7-10-3-1-4-11(10,8-13)9-14/h10,14H,1-9,12H2/t10-,11+/m0/s1. The van der Waals surface area contributed by atoms with E-state index in [4.69, 9.17) is 5.73 Å². The predicted molar refractivity (Wildman–Crippen MR) is 57.0 cm³/mol. The number of aliphatic hydroxyl groups excluding tert-OH is 1. The van der Waals surface area contributed by atoms with Crippen LogP contribution in [-0.4, -0.2) is 42.8 Å². The van der Waals surface area contributed by atoms with Crippen LogP contribution in [0, 0.1) is 11.3 Å². The quantitative estimate of drug-likeness (QED) is 0.689. The molecule has 1 heterocycles. The van der Waals surface area contributed by atoms with Crippen molar-refractivity contribution in [3.05, 3.63) is 0 Å². The molecule has 14 heavy (non-hydrogen) atoms. The van der Waals surface area contributed by atoms with Crippen molar-refractivity contribution in [3.8, 4) is 0 Å². The average molecular weight is 198 g/mol. The lowest BCUT2D eigenvalue weighted by molar-refractivity contribution is 0.112. The van der Waals surface area contributed by atoms with Gasteiger partial charge in [0.25, 0.3) is 0 Å². The van der Waals surface area contributed by atoms with Crippen LogP contribution >= 0.6 is 0 Å². The van der Waals surface area contributed by atoms with Crippen LogP contribution in [-0.2, 0) is 0 Å². The third-order valence-electron chi connectivity index (χ3n) is 4.10. The van der Waals surface area contributed by atoms with Gasteiger partial charge < -0.3 is 15.7 Å². The van der Waals surface area contributed by atoms with Gasteiger partial charge in [0.1, 0.15) is 0 Å². The molecule has 2 atom stereocenters. The first-order valence-electron chi connectivity index (χ1n) is 5.84. The Morgan fingerprint density at radius 1 is 1.50 bits per heavy atom. The lowest BCUT2D eigenvalue weighted by Crippen LogP contribution is -2.31. The number of hydrogen-bond donors (Lipinski definition) is 2. The van der Waals surface area contributed by atoms with E-state index in [0.717, 1.165) is 32.0 Å².